The third kappa shape index (κ3) is 12.2. The van der Waals surface area contributed by atoms with Gasteiger partial charge in [0.2, 0.25) is 0 Å². The van der Waals surface area contributed by atoms with Crippen molar-refractivity contribution in [2.45, 2.75) is 96.8 Å². The first kappa shape index (κ1) is 26.7. The maximum atomic E-state index is 12.0. The smallest absolute Gasteiger partial charge is 0.340 e. The van der Waals surface area contributed by atoms with E-state index in [0.29, 0.717) is 6.42 Å². The molecule has 5 nitrogen and oxygen atoms in total. The average molecular weight is 432 g/mol. The lowest BCUT2D eigenvalue weighted by molar-refractivity contribution is -0.134. The summed E-state index contributed by atoms with van der Waals surface area (Å²) in [4.78, 5) is 23.7. The van der Waals surface area contributed by atoms with Gasteiger partial charge in [-0.05, 0) is 44.2 Å². The van der Waals surface area contributed by atoms with Crippen LogP contribution in [0.4, 0.5) is 5.69 Å². The Balaban J connectivity index is 2.05. The predicted octanol–water partition coefficient (Wildman–Crippen LogP) is 7.00. The Morgan fingerprint density at radius 1 is 0.871 bits per heavy atom. The lowest BCUT2D eigenvalue weighted by Gasteiger charge is -2.10. The zero-order chi connectivity index (χ0) is 22.7. The number of ether oxygens (including phenoxy) is 2. The van der Waals surface area contributed by atoms with Crippen molar-refractivity contribution in [1.29, 1.82) is 0 Å². The highest BCUT2D eigenvalue weighted by Gasteiger charge is 2.15. The number of rotatable bonds is 17. The first-order chi connectivity index (χ1) is 15.1. The molecule has 1 aromatic carbocycles. The van der Waals surface area contributed by atoms with Crippen LogP contribution in [0.25, 0.3) is 0 Å². The quantitative estimate of drug-likeness (QED) is 0.0944. The molecule has 0 spiro atoms. The molecule has 0 amide bonds. The van der Waals surface area contributed by atoms with E-state index in [1.165, 1.54) is 64.9 Å². The summed E-state index contributed by atoms with van der Waals surface area (Å²) < 4.78 is 9.99. The number of nitrogens with two attached hydrogens (primary N) is 1. The summed E-state index contributed by atoms with van der Waals surface area (Å²) in [5, 5.41) is 0. The number of hydrogen-bond donors (Lipinski definition) is 1. The van der Waals surface area contributed by atoms with Crippen LogP contribution in [-0.4, -0.2) is 19.0 Å². The van der Waals surface area contributed by atoms with Gasteiger partial charge in [0.05, 0.1) is 18.4 Å². The van der Waals surface area contributed by atoms with E-state index >= 15 is 0 Å². The second-order valence-electron chi connectivity index (χ2n) is 8.02. The summed E-state index contributed by atoms with van der Waals surface area (Å²) >= 11 is 0. The third-order valence-corrected chi connectivity index (χ3v) is 5.34. The molecular weight excluding hydrogens is 390 g/mol. The highest BCUT2D eigenvalue weighted by Crippen LogP contribution is 2.26. The lowest BCUT2D eigenvalue weighted by atomic mass is 10.1. The normalized spacial score (nSPS) is 11.0. The van der Waals surface area contributed by atoms with Crippen molar-refractivity contribution < 1.29 is 19.1 Å². The van der Waals surface area contributed by atoms with Crippen LogP contribution in [0.1, 0.15) is 107 Å². The van der Waals surface area contributed by atoms with Crippen LogP contribution in [-0.2, 0) is 9.53 Å². The number of allylic oxidation sites excluding steroid dienone is 2. The van der Waals surface area contributed by atoms with E-state index in [1.54, 1.807) is 18.2 Å². The summed E-state index contributed by atoms with van der Waals surface area (Å²) in [6.07, 6.45) is 20.8. The van der Waals surface area contributed by atoms with Crippen LogP contribution in [0.2, 0.25) is 0 Å². The van der Waals surface area contributed by atoms with Crippen LogP contribution < -0.4 is 10.5 Å². The lowest BCUT2D eigenvalue weighted by Crippen LogP contribution is -2.12. The molecule has 0 aromatic heterocycles. The summed E-state index contributed by atoms with van der Waals surface area (Å²) in [5.74, 6) is -0.667. The Morgan fingerprint density at radius 3 is 2.06 bits per heavy atom. The van der Waals surface area contributed by atoms with Crippen molar-refractivity contribution in [3.05, 3.63) is 35.9 Å². The van der Waals surface area contributed by atoms with Crippen molar-refractivity contribution in [2.75, 3.05) is 12.8 Å². The van der Waals surface area contributed by atoms with Gasteiger partial charge in [-0.1, -0.05) is 76.5 Å². The molecule has 0 radical (unpaired) electrons. The number of carbonyl (C=O) groups excluding carboxylic acids is 2. The zero-order valence-corrected chi connectivity index (χ0v) is 19.5. The number of anilines is 1. The standard InChI is InChI=1S/C26H41NO4/c1-3-4-5-6-7-8-9-10-11-12-13-14-15-16-17-21-24(28)31-23-20-18-19-22(25(23)27)26(29)30-2/h10-11,18-20H,3-9,12-17,21,27H2,1-2H3/b11-10-. The minimum atomic E-state index is -0.548. The minimum Gasteiger partial charge on any atom is -0.465 e. The fourth-order valence-corrected chi connectivity index (χ4v) is 3.43. The number of unbranched alkanes of at least 4 members (excludes halogenated alkanes) is 11. The second-order valence-corrected chi connectivity index (χ2v) is 8.02. The van der Waals surface area contributed by atoms with Gasteiger partial charge in [0.15, 0.2) is 5.75 Å². The van der Waals surface area contributed by atoms with Crippen molar-refractivity contribution in [3.63, 3.8) is 0 Å². The SMILES string of the molecule is CCCCCCCC/C=C\CCCCCCCC(=O)Oc1cccc(C(=O)OC)c1N. The number of para-hydroxylation sites is 1. The van der Waals surface area contributed by atoms with Crippen molar-refractivity contribution in [2.24, 2.45) is 0 Å². The molecule has 0 fully saturated rings. The molecule has 0 saturated carbocycles. The van der Waals surface area contributed by atoms with Crippen LogP contribution in [0.15, 0.2) is 30.4 Å². The summed E-state index contributed by atoms with van der Waals surface area (Å²) in [6, 6.07) is 4.75. The van der Waals surface area contributed by atoms with Crippen LogP contribution in [0.5, 0.6) is 5.75 Å². The molecule has 0 saturated heterocycles. The molecule has 0 heterocycles. The second kappa shape index (κ2) is 17.4. The van der Waals surface area contributed by atoms with Crippen molar-refractivity contribution in [1.82, 2.24) is 0 Å². The van der Waals surface area contributed by atoms with Gasteiger partial charge >= 0.3 is 11.9 Å². The average Bonchev–Trinajstić information content (AvgIpc) is 2.77. The summed E-state index contributed by atoms with van der Waals surface area (Å²) in [6.45, 7) is 2.25. The first-order valence-electron chi connectivity index (χ1n) is 11.9. The van der Waals surface area contributed by atoms with Crippen LogP contribution >= 0.6 is 0 Å². The van der Waals surface area contributed by atoms with Gasteiger partial charge < -0.3 is 15.2 Å². The highest BCUT2D eigenvalue weighted by molar-refractivity contribution is 5.96. The molecule has 174 valence electrons. The molecule has 1 aromatic rings. The topological polar surface area (TPSA) is 78.6 Å². The molecule has 0 atom stereocenters. The summed E-state index contributed by atoms with van der Waals surface area (Å²) in [7, 11) is 1.28. The fourth-order valence-electron chi connectivity index (χ4n) is 3.43. The van der Waals surface area contributed by atoms with E-state index in [2.05, 4.69) is 23.8 Å². The van der Waals surface area contributed by atoms with E-state index in [0.717, 1.165) is 25.7 Å². The monoisotopic (exact) mass is 431 g/mol. The Kier molecular flexibility index (Phi) is 15.0. The Labute approximate surface area is 188 Å². The van der Waals surface area contributed by atoms with Crippen molar-refractivity contribution in [3.8, 4) is 5.75 Å². The number of esters is 2. The predicted molar refractivity (Wildman–Crippen MR) is 127 cm³/mol. The third-order valence-electron chi connectivity index (χ3n) is 5.34. The number of nitrogen functional groups attached to an aromatic ring is 1. The molecule has 2 N–H and O–H groups in total. The molecule has 1 rings (SSSR count). The molecule has 0 aliphatic rings. The zero-order valence-electron chi connectivity index (χ0n) is 19.5. The van der Waals surface area contributed by atoms with Crippen LogP contribution in [0.3, 0.4) is 0 Å². The van der Waals surface area contributed by atoms with Crippen LogP contribution in [0, 0.1) is 0 Å². The van der Waals surface area contributed by atoms with E-state index in [1.807, 2.05) is 0 Å². The van der Waals surface area contributed by atoms with Crippen molar-refractivity contribution >= 4 is 17.6 Å². The van der Waals surface area contributed by atoms with E-state index in [-0.39, 0.29) is 23.0 Å². The molecule has 0 unspecified atom stereocenters. The minimum absolute atomic E-state index is 0.132. The molecule has 0 aliphatic heterocycles. The maximum Gasteiger partial charge on any atom is 0.340 e. The molecular formula is C26H41NO4. The van der Waals surface area contributed by atoms with Gasteiger partial charge in [-0.25, -0.2) is 4.79 Å². The van der Waals surface area contributed by atoms with E-state index < -0.39 is 5.97 Å². The van der Waals surface area contributed by atoms with Gasteiger partial charge in [-0.2, -0.15) is 0 Å². The number of benzene rings is 1. The molecule has 5 heteroatoms. The van der Waals surface area contributed by atoms with Gasteiger partial charge in [0.25, 0.3) is 0 Å². The highest BCUT2D eigenvalue weighted by atomic mass is 16.5. The largest absolute Gasteiger partial charge is 0.465 e. The van der Waals surface area contributed by atoms with Gasteiger partial charge in [-0.15, -0.1) is 0 Å². The molecule has 0 aliphatic carbocycles. The van der Waals surface area contributed by atoms with Gasteiger partial charge in [0.1, 0.15) is 0 Å². The molecule has 31 heavy (non-hydrogen) atoms. The summed E-state index contributed by atoms with van der Waals surface area (Å²) in [5.41, 5.74) is 6.24. The Bertz CT molecular complexity index is 669. The van der Waals surface area contributed by atoms with E-state index in [4.69, 9.17) is 10.5 Å². The maximum absolute atomic E-state index is 12.0. The molecule has 0 bridgehead atoms. The number of carbonyl (C=O) groups is 2. The number of hydrogen-bond acceptors (Lipinski definition) is 5. The fraction of sp³-hybridized carbons (Fsp3) is 0.615. The number of methoxy groups -OCH3 is 1. The Morgan fingerprint density at radius 2 is 1.45 bits per heavy atom. The van der Waals surface area contributed by atoms with Gasteiger partial charge in [0, 0.05) is 6.42 Å². The Hall–Kier alpha value is -2.30. The van der Waals surface area contributed by atoms with E-state index in [9.17, 15) is 9.59 Å². The first-order valence-corrected chi connectivity index (χ1v) is 11.9. The van der Waals surface area contributed by atoms with Gasteiger partial charge in [-0.3, -0.25) is 4.79 Å².